The number of hydrogen-bond acceptors (Lipinski definition) is 4. The Morgan fingerprint density at radius 1 is 1.47 bits per heavy atom. The molecule has 1 aromatic heterocycles. The highest BCUT2D eigenvalue weighted by Gasteiger charge is 2.34. The van der Waals surface area contributed by atoms with Crippen molar-refractivity contribution in [3.8, 4) is 0 Å². The number of nitrogens with zero attached hydrogens (tertiary/aromatic N) is 3. The first-order valence-electron chi connectivity index (χ1n) is 6.74. The van der Waals surface area contributed by atoms with E-state index in [0.717, 1.165) is 17.6 Å². The van der Waals surface area contributed by atoms with Gasteiger partial charge in [0.05, 0.1) is 0 Å². The van der Waals surface area contributed by atoms with Gasteiger partial charge >= 0.3 is 0 Å². The lowest BCUT2D eigenvalue weighted by molar-refractivity contribution is 0.219. The van der Waals surface area contributed by atoms with Gasteiger partial charge in [-0.15, -0.1) is 0 Å². The number of nitrogens with two attached hydrogens (primary N) is 1. The fraction of sp³-hybridized carbons (Fsp3) is 0.643. The second-order valence-electron chi connectivity index (χ2n) is 5.65. The van der Waals surface area contributed by atoms with Gasteiger partial charge in [-0.05, 0) is 47.6 Å². The molecule has 1 saturated heterocycles. The maximum absolute atomic E-state index is 6.00. The minimum absolute atomic E-state index is 0.261. The summed E-state index contributed by atoms with van der Waals surface area (Å²) >= 11 is 3.49. The first kappa shape index (κ1) is 14.9. The van der Waals surface area contributed by atoms with E-state index in [0.29, 0.717) is 18.5 Å². The van der Waals surface area contributed by atoms with E-state index in [1.807, 2.05) is 12.4 Å². The van der Waals surface area contributed by atoms with Gasteiger partial charge in [0.2, 0.25) is 0 Å². The van der Waals surface area contributed by atoms with E-state index in [4.69, 9.17) is 5.73 Å². The van der Waals surface area contributed by atoms with Crippen molar-refractivity contribution in [2.75, 3.05) is 33.7 Å². The molecule has 5 heteroatoms. The topological polar surface area (TPSA) is 45.4 Å². The SMILES string of the molecule is CC1CN(C(CN)c2cncc(Br)c2)CC1N(C)C. The van der Waals surface area contributed by atoms with Crippen molar-refractivity contribution in [1.82, 2.24) is 14.8 Å². The van der Waals surface area contributed by atoms with Crippen LogP contribution in [0.5, 0.6) is 0 Å². The molecule has 1 aliphatic rings. The molecule has 0 spiro atoms. The highest BCUT2D eigenvalue weighted by atomic mass is 79.9. The summed E-state index contributed by atoms with van der Waals surface area (Å²) in [5, 5.41) is 0. The van der Waals surface area contributed by atoms with Gasteiger partial charge < -0.3 is 10.6 Å². The lowest BCUT2D eigenvalue weighted by Gasteiger charge is -2.28. The van der Waals surface area contributed by atoms with E-state index < -0.39 is 0 Å². The molecule has 2 rings (SSSR count). The van der Waals surface area contributed by atoms with Crippen LogP contribution in [0, 0.1) is 5.92 Å². The van der Waals surface area contributed by atoms with Gasteiger partial charge in [-0.1, -0.05) is 6.92 Å². The fourth-order valence-corrected chi connectivity index (χ4v) is 3.40. The minimum Gasteiger partial charge on any atom is -0.329 e. The molecule has 0 aliphatic carbocycles. The van der Waals surface area contributed by atoms with Crippen LogP contribution in [0.4, 0.5) is 0 Å². The number of likely N-dealkylation sites (N-methyl/N-ethyl adjacent to an activating group) is 1. The number of aromatic nitrogens is 1. The maximum atomic E-state index is 6.00. The zero-order chi connectivity index (χ0) is 14.0. The normalized spacial score (nSPS) is 26.0. The Bertz CT molecular complexity index is 424. The number of likely N-dealkylation sites (tertiary alicyclic amines) is 1. The average molecular weight is 327 g/mol. The molecular weight excluding hydrogens is 304 g/mol. The van der Waals surface area contributed by atoms with Crippen LogP contribution in [0.25, 0.3) is 0 Å². The van der Waals surface area contributed by atoms with E-state index in [2.05, 4.69) is 57.8 Å². The number of pyridine rings is 1. The quantitative estimate of drug-likeness (QED) is 0.915. The predicted octanol–water partition coefficient (Wildman–Crippen LogP) is 1.73. The van der Waals surface area contributed by atoms with Crippen LogP contribution in [-0.4, -0.2) is 54.6 Å². The second-order valence-corrected chi connectivity index (χ2v) is 6.57. The average Bonchev–Trinajstić information content (AvgIpc) is 2.72. The van der Waals surface area contributed by atoms with Gasteiger partial charge in [-0.3, -0.25) is 9.88 Å². The monoisotopic (exact) mass is 326 g/mol. The summed E-state index contributed by atoms with van der Waals surface area (Å²) in [4.78, 5) is 9.06. The third-order valence-corrected chi connectivity index (χ3v) is 4.47. The van der Waals surface area contributed by atoms with Crippen molar-refractivity contribution >= 4 is 15.9 Å². The van der Waals surface area contributed by atoms with Crippen LogP contribution < -0.4 is 5.73 Å². The fourth-order valence-electron chi connectivity index (χ4n) is 3.02. The van der Waals surface area contributed by atoms with Crippen LogP contribution in [-0.2, 0) is 0 Å². The third-order valence-electron chi connectivity index (χ3n) is 4.04. The van der Waals surface area contributed by atoms with Crippen molar-refractivity contribution in [2.24, 2.45) is 11.7 Å². The summed E-state index contributed by atoms with van der Waals surface area (Å²) in [6.07, 6.45) is 3.74. The van der Waals surface area contributed by atoms with Gasteiger partial charge in [0, 0.05) is 48.6 Å². The Balaban J connectivity index is 2.15. The highest BCUT2D eigenvalue weighted by Crippen LogP contribution is 2.29. The molecule has 19 heavy (non-hydrogen) atoms. The standard InChI is InChI=1S/C14H23BrN4/c1-10-8-19(9-14(10)18(2)3)13(5-16)11-4-12(15)7-17-6-11/h4,6-7,10,13-14H,5,8-9,16H2,1-3H3. The van der Waals surface area contributed by atoms with Crippen LogP contribution in [0.3, 0.4) is 0 Å². The molecule has 0 amide bonds. The first-order valence-corrected chi connectivity index (χ1v) is 7.53. The van der Waals surface area contributed by atoms with Gasteiger partial charge in [0.25, 0.3) is 0 Å². The van der Waals surface area contributed by atoms with E-state index in [1.165, 1.54) is 5.56 Å². The van der Waals surface area contributed by atoms with Crippen molar-refractivity contribution in [1.29, 1.82) is 0 Å². The van der Waals surface area contributed by atoms with Crippen molar-refractivity contribution in [3.05, 3.63) is 28.5 Å². The molecule has 1 aliphatic heterocycles. The molecule has 3 unspecified atom stereocenters. The number of rotatable bonds is 4. The molecule has 2 heterocycles. The molecular formula is C14H23BrN4. The van der Waals surface area contributed by atoms with E-state index in [1.54, 1.807) is 0 Å². The Morgan fingerprint density at radius 3 is 2.74 bits per heavy atom. The molecule has 4 nitrogen and oxygen atoms in total. The highest BCUT2D eigenvalue weighted by molar-refractivity contribution is 9.10. The van der Waals surface area contributed by atoms with Gasteiger partial charge in [-0.25, -0.2) is 0 Å². The smallest absolute Gasteiger partial charge is 0.0486 e. The number of halogens is 1. The van der Waals surface area contributed by atoms with Crippen LogP contribution >= 0.6 is 15.9 Å². The summed E-state index contributed by atoms with van der Waals surface area (Å²) in [6, 6.07) is 2.99. The predicted molar refractivity (Wildman–Crippen MR) is 81.9 cm³/mol. The molecule has 0 saturated carbocycles. The molecule has 0 radical (unpaired) electrons. The zero-order valence-electron chi connectivity index (χ0n) is 11.9. The van der Waals surface area contributed by atoms with E-state index >= 15 is 0 Å². The van der Waals surface area contributed by atoms with Crippen LogP contribution in [0.15, 0.2) is 22.9 Å². The summed E-state index contributed by atoms with van der Waals surface area (Å²) < 4.78 is 1.01. The summed E-state index contributed by atoms with van der Waals surface area (Å²) in [5.41, 5.74) is 7.20. The van der Waals surface area contributed by atoms with Crippen LogP contribution in [0.2, 0.25) is 0 Å². The molecule has 0 aromatic carbocycles. The lowest BCUT2D eigenvalue weighted by atomic mass is 10.1. The maximum Gasteiger partial charge on any atom is 0.0486 e. The summed E-state index contributed by atoms with van der Waals surface area (Å²) in [6.45, 7) is 5.11. The van der Waals surface area contributed by atoms with E-state index in [9.17, 15) is 0 Å². The van der Waals surface area contributed by atoms with Gasteiger partial charge in [0.15, 0.2) is 0 Å². The van der Waals surface area contributed by atoms with Crippen molar-refractivity contribution in [2.45, 2.75) is 19.0 Å². The molecule has 0 bridgehead atoms. The number of hydrogen-bond donors (Lipinski definition) is 1. The molecule has 1 fully saturated rings. The Morgan fingerprint density at radius 2 is 2.21 bits per heavy atom. The van der Waals surface area contributed by atoms with Crippen molar-refractivity contribution in [3.63, 3.8) is 0 Å². The molecule has 3 atom stereocenters. The summed E-state index contributed by atoms with van der Waals surface area (Å²) in [5.74, 6) is 0.671. The van der Waals surface area contributed by atoms with Gasteiger partial charge in [0.1, 0.15) is 0 Å². The minimum atomic E-state index is 0.261. The Kier molecular flexibility index (Phi) is 4.95. The zero-order valence-corrected chi connectivity index (χ0v) is 13.5. The largest absolute Gasteiger partial charge is 0.329 e. The lowest BCUT2D eigenvalue weighted by Crippen LogP contribution is -2.36. The van der Waals surface area contributed by atoms with Gasteiger partial charge in [-0.2, -0.15) is 0 Å². The first-order chi connectivity index (χ1) is 9.02. The molecule has 1 aromatic rings. The second kappa shape index (κ2) is 6.31. The Hall–Kier alpha value is -0.490. The van der Waals surface area contributed by atoms with Crippen LogP contribution in [0.1, 0.15) is 18.5 Å². The van der Waals surface area contributed by atoms with Crippen molar-refractivity contribution < 1.29 is 0 Å². The molecule has 106 valence electrons. The Labute approximate surface area is 124 Å². The van der Waals surface area contributed by atoms with E-state index in [-0.39, 0.29) is 6.04 Å². The summed E-state index contributed by atoms with van der Waals surface area (Å²) in [7, 11) is 4.31. The molecule has 2 N–H and O–H groups in total. The third kappa shape index (κ3) is 3.34.